The quantitative estimate of drug-likeness (QED) is 0.783. The Morgan fingerprint density at radius 3 is 2.70 bits per heavy atom. The molecule has 5 nitrogen and oxygen atoms in total. The van der Waals surface area contributed by atoms with Crippen LogP contribution in [0.2, 0.25) is 0 Å². The number of amides is 1. The Morgan fingerprint density at radius 2 is 2.07 bits per heavy atom. The molecule has 2 aliphatic rings. The molecule has 154 valence electrons. The van der Waals surface area contributed by atoms with Gasteiger partial charge < -0.3 is 20.7 Å². The van der Waals surface area contributed by atoms with Crippen LogP contribution >= 0.6 is 24.8 Å². The van der Waals surface area contributed by atoms with E-state index in [2.05, 4.69) is 10.2 Å². The van der Waals surface area contributed by atoms with Crippen LogP contribution < -0.4 is 16.0 Å². The molecule has 1 amide bonds. The predicted octanol–water partition coefficient (Wildman–Crippen LogP) is 2.82. The molecule has 2 fully saturated rings. The molecule has 2 saturated heterocycles. The van der Waals surface area contributed by atoms with Gasteiger partial charge in [-0.05, 0) is 56.4 Å². The number of carbonyl (C=O) groups excluding carboxylic acids is 1. The lowest BCUT2D eigenvalue weighted by atomic mass is 9.79. The Kier molecular flexibility index (Phi) is 9.28. The smallest absolute Gasteiger partial charge is 0.227 e. The summed E-state index contributed by atoms with van der Waals surface area (Å²) in [7, 11) is 0. The van der Waals surface area contributed by atoms with Crippen LogP contribution in [0.15, 0.2) is 18.2 Å². The van der Waals surface area contributed by atoms with Crippen molar-refractivity contribution >= 4 is 36.4 Å². The third-order valence-electron chi connectivity index (χ3n) is 5.58. The summed E-state index contributed by atoms with van der Waals surface area (Å²) in [5.41, 5.74) is 7.41. The molecule has 27 heavy (non-hydrogen) atoms. The van der Waals surface area contributed by atoms with Gasteiger partial charge >= 0.3 is 0 Å². The second-order valence-corrected chi connectivity index (χ2v) is 7.29. The summed E-state index contributed by atoms with van der Waals surface area (Å²) in [4.78, 5) is 15.1. The van der Waals surface area contributed by atoms with Crippen LogP contribution in [0, 0.1) is 18.2 Å². The molecule has 1 atom stereocenters. The molecule has 3 N–H and O–H groups in total. The van der Waals surface area contributed by atoms with Crippen molar-refractivity contribution in [2.24, 2.45) is 11.1 Å². The number of halogens is 3. The van der Waals surface area contributed by atoms with E-state index in [9.17, 15) is 9.18 Å². The first-order valence-electron chi connectivity index (χ1n) is 9.14. The molecule has 1 aromatic carbocycles. The zero-order chi connectivity index (χ0) is 17.9. The summed E-state index contributed by atoms with van der Waals surface area (Å²) in [6.45, 7) is 5.14. The van der Waals surface area contributed by atoms with Crippen molar-refractivity contribution in [1.29, 1.82) is 0 Å². The van der Waals surface area contributed by atoms with Crippen LogP contribution in [-0.2, 0) is 9.53 Å². The molecule has 0 spiro atoms. The Balaban J connectivity index is 0.00000182. The number of hydrogen-bond acceptors (Lipinski definition) is 4. The lowest BCUT2D eigenvalue weighted by molar-refractivity contribution is -0.136. The van der Waals surface area contributed by atoms with Crippen LogP contribution in [0.5, 0.6) is 0 Å². The second-order valence-electron chi connectivity index (χ2n) is 7.29. The van der Waals surface area contributed by atoms with E-state index in [-0.39, 0.29) is 42.6 Å². The Labute approximate surface area is 173 Å². The lowest BCUT2D eigenvalue weighted by Crippen LogP contribution is -2.55. The highest BCUT2D eigenvalue weighted by molar-refractivity contribution is 5.85. The van der Waals surface area contributed by atoms with Crippen molar-refractivity contribution < 1.29 is 13.9 Å². The molecule has 0 aromatic heterocycles. The van der Waals surface area contributed by atoms with E-state index < -0.39 is 5.41 Å². The standard InChI is InChI=1S/C19H28FN3O2.2ClH/c1-14-11-15(20)4-5-17(14)23-8-2-3-16(12-23)22-18(24)19(13-21)6-9-25-10-7-19;;/h4-5,11,16H,2-3,6-10,12-13,21H2,1H3,(H,22,24);2*1H. The van der Waals surface area contributed by atoms with E-state index in [0.717, 1.165) is 37.2 Å². The molecule has 0 saturated carbocycles. The SMILES string of the molecule is Cc1cc(F)ccc1N1CCCC(NC(=O)C2(CN)CCOCC2)C1.Cl.Cl. The molecule has 0 bridgehead atoms. The number of rotatable bonds is 4. The summed E-state index contributed by atoms with van der Waals surface area (Å²) in [5, 5.41) is 3.22. The van der Waals surface area contributed by atoms with Gasteiger partial charge in [-0.3, -0.25) is 4.79 Å². The van der Waals surface area contributed by atoms with E-state index in [1.165, 1.54) is 6.07 Å². The van der Waals surface area contributed by atoms with E-state index in [1.807, 2.05) is 13.0 Å². The number of aryl methyl sites for hydroxylation is 1. The van der Waals surface area contributed by atoms with Crippen molar-refractivity contribution in [2.45, 2.75) is 38.6 Å². The molecule has 0 aliphatic carbocycles. The van der Waals surface area contributed by atoms with Gasteiger partial charge in [-0.15, -0.1) is 24.8 Å². The predicted molar refractivity (Wildman–Crippen MR) is 111 cm³/mol. The monoisotopic (exact) mass is 421 g/mol. The van der Waals surface area contributed by atoms with Crippen molar-refractivity contribution in [2.75, 3.05) is 37.7 Å². The molecule has 8 heteroatoms. The number of hydrogen-bond donors (Lipinski definition) is 2. The molecule has 3 rings (SSSR count). The third-order valence-corrected chi connectivity index (χ3v) is 5.58. The van der Waals surface area contributed by atoms with E-state index >= 15 is 0 Å². The molecule has 2 aliphatic heterocycles. The average Bonchev–Trinajstić information content (AvgIpc) is 2.62. The average molecular weight is 422 g/mol. The highest BCUT2D eigenvalue weighted by Gasteiger charge is 2.40. The van der Waals surface area contributed by atoms with Gasteiger partial charge in [-0.2, -0.15) is 0 Å². The van der Waals surface area contributed by atoms with Gasteiger partial charge in [-0.1, -0.05) is 0 Å². The van der Waals surface area contributed by atoms with Gasteiger partial charge in [0.25, 0.3) is 0 Å². The van der Waals surface area contributed by atoms with Gasteiger partial charge in [0.05, 0.1) is 5.41 Å². The van der Waals surface area contributed by atoms with Crippen molar-refractivity contribution in [1.82, 2.24) is 5.32 Å². The fourth-order valence-electron chi connectivity index (χ4n) is 3.91. The molecule has 1 unspecified atom stereocenters. The molecular weight excluding hydrogens is 392 g/mol. The maximum atomic E-state index is 13.4. The molecular formula is C19H30Cl2FN3O2. The van der Waals surface area contributed by atoms with Crippen molar-refractivity contribution in [3.63, 3.8) is 0 Å². The topological polar surface area (TPSA) is 67.6 Å². The third kappa shape index (κ3) is 5.47. The first kappa shape index (κ1) is 24.0. The number of nitrogens with one attached hydrogen (secondary N) is 1. The normalized spacial score (nSPS) is 21.6. The summed E-state index contributed by atoms with van der Waals surface area (Å²) in [6, 6.07) is 4.98. The maximum absolute atomic E-state index is 13.4. The number of nitrogens with two attached hydrogens (primary N) is 1. The second kappa shape index (κ2) is 10.5. The molecule has 1 aromatic rings. The van der Waals surface area contributed by atoms with Crippen LogP contribution in [0.3, 0.4) is 0 Å². The van der Waals surface area contributed by atoms with Crippen LogP contribution in [-0.4, -0.2) is 44.8 Å². The minimum Gasteiger partial charge on any atom is -0.381 e. The summed E-state index contributed by atoms with van der Waals surface area (Å²) >= 11 is 0. The first-order chi connectivity index (χ1) is 12.0. The van der Waals surface area contributed by atoms with Crippen molar-refractivity contribution in [3.8, 4) is 0 Å². The Hall–Kier alpha value is -1.08. The highest BCUT2D eigenvalue weighted by atomic mass is 35.5. The number of anilines is 1. The van der Waals surface area contributed by atoms with Gasteiger partial charge in [0, 0.05) is 44.6 Å². The van der Waals surface area contributed by atoms with Crippen LogP contribution in [0.25, 0.3) is 0 Å². The van der Waals surface area contributed by atoms with Crippen LogP contribution in [0.4, 0.5) is 10.1 Å². The number of ether oxygens (including phenoxy) is 1. The minimum atomic E-state index is -0.494. The fourth-order valence-corrected chi connectivity index (χ4v) is 3.91. The zero-order valence-corrected chi connectivity index (χ0v) is 17.3. The van der Waals surface area contributed by atoms with Crippen molar-refractivity contribution in [3.05, 3.63) is 29.6 Å². The largest absolute Gasteiger partial charge is 0.381 e. The fraction of sp³-hybridized carbons (Fsp3) is 0.632. The maximum Gasteiger partial charge on any atom is 0.227 e. The van der Waals surface area contributed by atoms with E-state index in [0.29, 0.717) is 32.6 Å². The Morgan fingerprint density at radius 1 is 1.37 bits per heavy atom. The van der Waals surface area contributed by atoms with E-state index in [1.54, 1.807) is 6.07 Å². The minimum absolute atomic E-state index is 0. The first-order valence-corrected chi connectivity index (χ1v) is 9.14. The zero-order valence-electron chi connectivity index (χ0n) is 15.7. The number of piperidine rings is 1. The van der Waals surface area contributed by atoms with E-state index in [4.69, 9.17) is 10.5 Å². The van der Waals surface area contributed by atoms with Gasteiger partial charge in [0.15, 0.2) is 0 Å². The number of benzene rings is 1. The van der Waals surface area contributed by atoms with Gasteiger partial charge in [0.2, 0.25) is 5.91 Å². The number of carbonyl (C=O) groups is 1. The molecule has 0 radical (unpaired) electrons. The molecule has 2 heterocycles. The summed E-state index contributed by atoms with van der Waals surface area (Å²) in [5.74, 6) is -0.159. The lowest BCUT2D eigenvalue weighted by Gasteiger charge is -2.39. The van der Waals surface area contributed by atoms with Gasteiger partial charge in [-0.25, -0.2) is 4.39 Å². The summed E-state index contributed by atoms with van der Waals surface area (Å²) in [6.07, 6.45) is 3.33. The van der Waals surface area contributed by atoms with Gasteiger partial charge in [0.1, 0.15) is 5.82 Å². The number of nitrogens with zero attached hydrogens (tertiary/aromatic N) is 1. The Bertz CT molecular complexity index is 627. The summed E-state index contributed by atoms with van der Waals surface area (Å²) < 4.78 is 18.7. The highest BCUT2D eigenvalue weighted by Crippen LogP contribution is 2.30. The van der Waals surface area contributed by atoms with Crippen LogP contribution in [0.1, 0.15) is 31.2 Å².